The Hall–Kier alpha value is -4.34. The van der Waals surface area contributed by atoms with Gasteiger partial charge in [0, 0.05) is 17.4 Å². The smallest absolute Gasteiger partial charge is 0.431 e. The minimum absolute atomic E-state index is 0.160. The summed E-state index contributed by atoms with van der Waals surface area (Å²) in [7, 11) is 1.47. The number of aromatic amines is 1. The van der Waals surface area contributed by atoms with E-state index in [9.17, 15) is 14.0 Å². The molecule has 1 aromatic heterocycles. The first kappa shape index (κ1) is 23.8. The number of methoxy groups -OCH3 is 1. The zero-order chi connectivity index (χ0) is 24.8. The van der Waals surface area contributed by atoms with Crippen LogP contribution in [0.2, 0.25) is 0 Å². The number of anilines is 1. The van der Waals surface area contributed by atoms with Crippen LogP contribution in [0.5, 0.6) is 11.5 Å². The predicted octanol–water partition coefficient (Wildman–Crippen LogP) is 4.72. The molecule has 0 aliphatic carbocycles. The SMILES string of the molecule is CCC1OC(=O)N(Cc2ccc(NC(=O)c3ccc[nH]3)cc2)N=C1c1ccc(OC)c(OCF)c1. The Morgan fingerprint density at radius 3 is 2.66 bits per heavy atom. The molecule has 2 amide bonds. The number of carbonyl (C=O) groups is 2. The molecule has 182 valence electrons. The molecule has 1 atom stereocenters. The van der Waals surface area contributed by atoms with Gasteiger partial charge in [0.1, 0.15) is 17.5 Å². The zero-order valence-corrected chi connectivity index (χ0v) is 19.3. The van der Waals surface area contributed by atoms with E-state index in [-0.39, 0.29) is 18.2 Å². The largest absolute Gasteiger partial charge is 0.493 e. The summed E-state index contributed by atoms with van der Waals surface area (Å²) >= 11 is 0. The lowest BCUT2D eigenvalue weighted by molar-refractivity contribution is 0.0712. The van der Waals surface area contributed by atoms with Gasteiger partial charge < -0.3 is 24.5 Å². The number of halogens is 1. The van der Waals surface area contributed by atoms with Gasteiger partial charge in [-0.15, -0.1) is 0 Å². The lowest BCUT2D eigenvalue weighted by Gasteiger charge is -2.29. The van der Waals surface area contributed by atoms with Crippen LogP contribution in [-0.2, 0) is 11.3 Å². The Bertz CT molecular complexity index is 1210. The molecule has 0 radical (unpaired) electrons. The molecule has 10 heteroatoms. The van der Waals surface area contributed by atoms with Gasteiger partial charge in [0.25, 0.3) is 5.91 Å². The quantitative estimate of drug-likeness (QED) is 0.461. The average Bonchev–Trinajstić information content (AvgIpc) is 3.42. The molecule has 2 N–H and O–H groups in total. The van der Waals surface area contributed by atoms with E-state index < -0.39 is 19.1 Å². The van der Waals surface area contributed by atoms with E-state index in [0.717, 1.165) is 5.56 Å². The number of hydrogen-bond donors (Lipinski definition) is 2. The second-order valence-electron chi connectivity index (χ2n) is 7.68. The van der Waals surface area contributed by atoms with Gasteiger partial charge in [0.2, 0.25) is 6.86 Å². The summed E-state index contributed by atoms with van der Waals surface area (Å²) in [5.74, 6) is 0.358. The molecule has 0 saturated heterocycles. The molecule has 0 bridgehead atoms. The first-order valence-corrected chi connectivity index (χ1v) is 11.0. The molecule has 1 aliphatic rings. The number of alkyl halides is 1. The van der Waals surface area contributed by atoms with E-state index in [2.05, 4.69) is 15.4 Å². The number of cyclic esters (lactones) is 1. The Balaban J connectivity index is 1.53. The average molecular weight is 480 g/mol. The van der Waals surface area contributed by atoms with Crippen molar-refractivity contribution in [3.63, 3.8) is 0 Å². The molecule has 1 unspecified atom stereocenters. The molecule has 0 fully saturated rings. The molecular formula is C25H25FN4O5. The summed E-state index contributed by atoms with van der Waals surface area (Å²) in [5, 5.41) is 8.58. The molecule has 2 aromatic carbocycles. The summed E-state index contributed by atoms with van der Waals surface area (Å²) in [6.45, 7) is 1.03. The number of amides is 2. The molecule has 1 aliphatic heterocycles. The molecule has 4 rings (SSSR count). The van der Waals surface area contributed by atoms with Crippen LogP contribution in [0.3, 0.4) is 0 Å². The van der Waals surface area contributed by atoms with E-state index in [1.54, 1.807) is 60.8 Å². The number of carbonyl (C=O) groups excluding carboxylic acids is 2. The van der Waals surface area contributed by atoms with Crippen molar-refractivity contribution in [2.45, 2.75) is 26.0 Å². The Labute approximate surface area is 201 Å². The van der Waals surface area contributed by atoms with Crippen LogP contribution in [0.25, 0.3) is 0 Å². The molecular weight excluding hydrogens is 455 g/mol. The van der Waals surface area contributed by atoms with Gasteiger partial charge in [-0.25, -0.2) is 9.18 Å². The second-order valence-corrected chi connectivity index (χ2v) is 7.68. The van der Waals surface area contributed by atoms with Crippen molar-refractivity contribution in [2.75, 3.05) is 19.3 Å². The number of nitrogens with zero attached hydrogens (tertiary/aromatic N) is 2. The van der Waals surface area contributed by atoms with E-state index in [4.69, 9.17) is 14.2 Å². The maximum Gasteiger partial charge on any atom is 0.431 e. The predicted molar refractivity (Wildman–Crippen MR) is 127 cm³/mol. The highest BCUT2D eigenvalue weighted by Crippen LogP contribution is 2.30. The number of rotatable bonds is 9. The van der Waals surface area contributed by atoms with Gasteiger partial charge in [0.05, 0.1) is 13.7 Å². The first-order chi connectivity index (χ1) is 17.0. The number of nitrogens with one attached hydrogen (secondary N) is 2. The summed E-state index contributed by atoms with van der Waals surface area (Å²) < 4.78 is 28.7. The van der Waals surface area contributed by atoms with Gasteiger partial charge in [-0.3, -0.25) is 4.79 Å². The van der Waals surface area contributed by atoms with Crippen molar-refractivity contribution in [1.82, 2.24) is 9.99 Å². The molecule has 0 spiro atoms. The number of aromatic nitrogens is 1. The van der Waals surface area contributed by atoms with Crippen LogP contribution in [0.1, 0.15) is 35.0 Å². The third-order valence-corrected chi connectivity index (χ3v) is 5.41. The third kappa shape index (κ3) is 5.43. The number of H-pyrrole nitrogens is 1. The highest BCUT2D eigenvalue weighted by Gasteiger charge is 2.31. The van der Waals surface area contributed by atoms with Crippen LogP contribution >= 0.6 is 0 Å². The number of hydrazone groups is 1. The molecule has 3 aromatic rings. The minimum atomic E-state index is -1.01. The monoisotopic (exact) mass is 480 g/mol. The summed E-state index contributed by atoms with van der Waals surface area (Å²) in [4.78, 5) is 27.6. The summed E-state index contributed by atoms with van der Waals surface area (Å²) in [6.07, 6.45) is 1.06. The van der Waals surface area contributed by atoms with Gasteiger partial charge in [-0.05, 0) is 54.4 Å². The van der Waals surface area contributed by atoms with Crippen molar-refractivity contribution < 1.29 is 28.2 Å². The van der Waals surface area contributed by atoms with Crippen LogP contribution in [0.4, 0.5) is 14.9 Å². The normalized spacial score (nSPS) is 15.3. The molecule has 0 saturated carbocycles. The van der Waals surface area contributed by atoms with Crippen LogP contribution in [-0.4, -0.2) is 47.8 Å². The Morgan fingerprint density at radius 1 is 1.20 bits per heavy atom. The van der Waals surface area contributed by atoms with Crippen molar-refractivity contribution in [2.24, 2.45) is 5.10 Å². The van der Waals surface area contributed by atoms with Gasteiger partial charge in [0.15, 0.2) is 11.5 Å². The summed E-state index contributed by atoms with van der Waals surface area (Å²) in [6, 6.07) is 15.5. The molecule has 35 heavy (non-hydrogen) atoms. The van der Waals surface area contributed by atoms with Gasteiger partial charge >= 0.3 is 6.09 Å². The molecule has 2 heterocycles. The fourth-order valence-corrected chi connectivity index (χ4v) is 3.64. The van der Waals surface area contributed by atoms with Crippen molar-refractivity contribution in [3.8, 4) is 11.5 Å². The summed E-state index contributed by atoms with van der Waals surface area (Å²) in [5.41, 5.74) is 3.00. The zero-order valence-electron chi connectivity index (χ0n) is 19.3. The first-order valence-electron chi connectivity index (χ1n) is 11.0. The van der Waals surface area contributed by atoms with E-state index >= 15 is 0 Å². The lowest BCUT2D eigenvalue weighted by Crippen LogP contribution is -2.41. The second kappa shape index (κ2) is 10.7. The van der Waals surface area contributed by atoms with E-state index in [0.29, 0.717) is 34.8 Å². The number of ether oxygens (including phenoxy) is 3. The number of benzene rings is 2. The van der Waals surface area contributed by atoms with Crippen molar-refractivity contribution in [3.05, 3.63) is 77.6 Å². The molecule has 9 nitrogen and oxygen atoms in total. The highest BCUT2D eigenvalue weighted by atomic mass is 19.1. The fraction of sp³-hybridized carbons (Fsp3) is 0.240. The van der Waals surface area contributed by atoms with Crippen LogP contribution < -0.4 is 14.8 Å². The van der Waals surface area contributed by atoms with Crippen molar-refractivity contribution >= 4 is 23.4 Å². The maximum absolute atomic E-state index is 12.8. The Morgan fingerprint density at radius 2 is 2.00 bits per heavy atom. The Kier molecular flexibility index (Phi) is 7.30. The van der Waals surface area contributed by atoms with Crippen LogP contribution in [0, 0.1) is 0 Å². The van der Waals surface area contributed by atoms with Gasteiger partial charge in [-0.2, -0.15) is 10.1 Å². The van der Waals surface area contributed by atoms with Gasteiger partial charge in [-0.1, -0.05) is 19.1 Å². The maximum atomic E-state index is 12.8. The number of hydrogen-bond acceptors (Lipinski definition) is 6. The fourth-order valence-electron chi connectivity index (χ4n) is 3.64. The van der Waals surface area contributed by atoms with Crippen molar-refractivity contribution in [1.29, 1.82) is 0 Å². The minimum Gasteiger partial charge on any atom is -0.493 e. The van der Waals surface area contributed by atoms with E-state index in [1.165, 1.54) is 12.1 Å². The third-order valence-electron chi connectivity index (χ3n) is 5.41. The lowest BCUT2D eigenvalue weighted by atomic mass is 10.0. The standard InChI is InChI=1S/C25H25FN4O5/c1-3-20-23(17-8-11-21(33-2)22(13-17)34-15-26)29-30(25(32)35-20)14-16-6-9-18(10-7-16)28-24(31)19-5-4-12-27-19/h4-13,20,27H,3,14-15H2,1-2H3,(H,28,31). The topological polar surface area (TPSA) is 105 Å². The highest BCUT2D eigenvalue weighted by molar-refractivity contribution is 6.06. The van der Waals surface area contributed by atoms with Crippen LogP contribution in [0.15, 0.2) is 65.9 Å². The van der Waals surface area contributed by atoms with E-state index in [1.807, 2.05) is 6.92 Å².